The molecule has 0 radical (unpaired) electrons. The standard InChI is InChI=1S/C14H21N3S/c1-11(2)17(3)9-8-15-10-14-16-12-6-4-5-7-13(12)18-14/h4-7,11,15H,8-10H2,1-3H3. The number of hydrogen-bond acceptors (Lipinski definition) is 4. The van der Waals surface area contributed by atoms with Gasteiger partial charge in [-0.25, -0.2) is 4.98 Å². The first kappa shape index (κ1) is 13.5. The second-order valence-electron chi connectivity index (χ2n) is 4.83. The Kier molecular flexibility index (Phi) is 4.69. The Labute approximate surface area is 113 Å². The predicted molar refractivity (Wildman–Crippen MR) is 79.1 cm³/mol. The third-order valence-electron chi connectivity index (χ3n) is 3.14. The van der Waals surface area contributed by atoms with Gasteiger partial charge in [0.1, 0.15) is 5.01 Å². The summed E-state index contributed by atoms with van der Waals surface area (Å²) >= 11 is 1.78. The van der Waals surface area contributed by atoms with Crippen molar-refractivity contribution in [1.29, 1.82) is 0 Å². The van der Waals surface area contributed by atoms with Crippen molar-refractivity contribution in [2.24, 2.45) is 0 Å². The molecule has 2 rings (SSSR count). The van der Waals surface area contributed by atoms with Crippen LogP contribution < -0.4 is 5.32 Å². The molecule has 1 heterocycles. The molecule has 0 atom stereocenters. The molecule has 0 saturated carbocycles. The van der Waals surface area contributed by atoms with E-state index in [-0.39, 0.29) is 0 Å². The second kappa shape index (κ2) is 6.27. The molecule has 18 heavy (non-hydrogen) atoms. The predicted octanol–water partition coefficient (Wildman–Crippen LogP) is 2.73. The number of benzene rings is 1. The molecule has 0 unspecified atom stereocenters. The molecule has 0 amide bonds. The normalized spacial score (nSPS) is 11.8. The number of nitrogens with one attached hydrogen (secondary N) is 1. The maximum atomic E-state index is 4.61. The Bertz CT molecular complexity index is 459. The van der Waals surface area contributed by atoms with Crippen molar-refractivity contribution in [3.63, 3.8) is 0 Å². The quantitative estimate of drug-likeness (QED) is 0.812. The van der Waals surface area contributed by atoms with E-state index in [1.807, 2.05) is 6.07 Å². The molecular weight excluding hydrogens is 242 g/mol. The summed E-state index contributed by atoms with van der Waals surface area (Å²) in [6.45, 7) is 7.37. The monoisotopic (exact) mass is 263 g/mol. The lowest BCUT2D eigenvalue weighted by Gasteiger charge is -2.20. The largest absolute Gasteiger partial charge is 0.309 e. The first-order chi connectivity index (χ1) is 8.66. The molecule has 4 heteroatoms. The number of likely N-dealkylation sites (N-methyl/N-ethyl adjacent to an activating group) is 1. The van der Waals surface area contributed by atoms with Crippen LogP contribution in [-0.2, 0) is 6.54 Å². The van der Waals surface area contributed by atoms with Crippen LogP contribution in [0, 0.1) is 0 Å². The van der Waals surface area contributed by atoms with Crippen molar-refractivity contribution in [2.45, 2.75) is 26.4 Å². The van der Waals surface area contributed by atoms with Gasteiger partial charge in [0.15, 0.2) is 0 Å². The molecule has 2 aromatic rings. The van der Waals surface area contributed by atoms with Crippen LogP contribution in [0.2, 0.25) is 0 Å². The summed E-state index contributed by atoms with van der Waals surface area (Å²) in [7, 11) is 2.16. The molecule has 0 fully saturated rings. The van der Waals surface area contributed by atoms with E-state index in [4.69, 9.17) is 0 Å². The Morgan fingerprint density at radius 1 is 1.33 bits per heavy atom. The molecule has 98 valence electrons. The van der Waals surface area contributed by atoms with Crippen LogP contribution in [0.1, 0.15) is 18.9 Å². The fraction of sp³-hybridized carbons (Fsp3) is 0.500. The lowest BCUT2D eigenvalue weighted by Crippen LogP contribution is -2.33. The molecule has 1 N–H and O–H groups in total. The van der Waals surface area contributed by atoms with E-state index in [1.54, 1.807) is 11.3 Å². The molecule has 0 spiro atoms. The minimum Gasteiger partial charge on any atom is -0.309 e. The van der Waals surface area contributed by atoms with Crippen LogP contribution in [0.15, 0.2) is 24.3 Å². The summed E-state index contributed by atoms with van der Waals surface area (Å²) in [5, 5.41) is 4.62. The number of nitrogens with zero attached hydrogens (tertiary/aromatic N) is 2. The molecule has 3 nitrogen and oxygen atoms in total. The fourth-order valence-corrected chi connectivity index (χ4v) is 2.64. The van der Waals surface area contributed by atoms with Crippen LogP contribution in [0.25, 0.3) is 10.2 Å². The third-order valence-corrected chi connectivity index (χ3v) is 4.17. The highest BCUT2D eigenvalue weighted by molar-refractivity contribution is 7.18. The van der Waals surface area contributed by atoms with Crippen LogP contribution in [0.5, 0.6) is 0 Å². The van der Waals surface area contributed by atoms with Crippen molar-refractivity contribution < 1.29 is 0 Å². The highest BCUT2D eigenvalue weighted by atomic mass is 32.1. The van der Waals surface area contributed by atoms with E-state index >= 15 is 0 Å². The zero-order chi connectivity index (χ0) is 13.0. The van der Waals surface area contributed by atoms with Gasteiger partial charge in [-0.1, -0.05) is 12.1 Å². The molecule has 1 aromatic heterocycles. The molecule has 0 bridgehead atoms. The topological polar surface area (TPSA) is 28.2 Å². The maximum Gasteiger partial charge on any atom is 0.108 e. The average molecular weight is 263 g/mol. The maximum absolute atomic E-state index is 4.61. The first-order valence-corrected chi connectivity index (χ1v) is 7.24. The van der Waals surface area contributed by atoms with Crippen molar-refractivity contribution >= 4 is 21.6 Å². The molecule has 0 aliphatic carbocycles. The molecule has 0 saturated heterocycles. The zero-order valence-electron chi connectivity index (χ0n) is 11.3. The minimum atomic E-state index is 0.606. The number of para-hydroxylation sites is 1. The van der Waals surface area contributed by atoms with E-state index in [0.717, 1.165) is 25.2 Å². The smallest absolute Gasteiger partial charge is 0.108 e. The van der Waals surface area contributed by atoms with E-state index in [2.05, 4.69) is 54.3 Å². The van der Waals surface area contributed by atoms with Gasteiger partial charge < -0.3 is 10.2 Å². The minimum absolute atomic E-state index is 0.606. The zero-order valence-corrected chi connectivity index (χ0v) is 12.1. The summed E-state index contributed by atoms with van der Waals surface area (Å²) in [6.07, 6.45) is 0. The van der Waals surface area contributed by atoms with Gasteiger partial charge in [-0.2, -0.15) is 0 Å². The highest BCUT2D eigenvalue weighted by Crippen LogP contribution is 2.21. The Morgan fingerprint density at radius 3 is 2.83 bits per heavy atom. The van der Waals surface area contributed by atoms with Gasteiger partial charge >= 0.3 is 0 Å². The van der Waals surface area contributed by atoms with E-state index < -0.39 is 0 Å². The fourth-order valence-electron chi connectivity index (χ4n) is 1.70. The highest BCUT2D eigenvalue weighted by Gasteiger charge is 2.04. The van der Waals surface area contributed by atoms with E-state index in [9.17, 15) is 0 Å². The SMILES string of the molecule is CC(C)N(C)CCNCc1nc2ccccc2s1. The van der Waals surface area contributed by atoms with Crippen molar-refractivity contribution in [2.75, 3.05) is 20.1 Å². The number of aromatic nitrogens is 1. The van der Waals surface area contributed by atoms with Gasteiger partial charge in [-0.05, 0) is 33.0 Å². The Hall–Kier alpha value is -0.970. The van der Waals surface area contributed by atoms with Gasteiger partial charge in [-0.15, -0.1) is 11.3 Å². The molecule has 0 aliphatic heterocycles. The number of rotatable bonds is 6. The van der Waals surface area contributed by atoms with Crippen LogP contribution in [0.3, 0.4) is 0 Å². The summed E-state index contributed by atoms with van der Waals surface area (Å²) in [5.41, 5.74) is 1.11. The van der Waals surface area contributed by atoms with E-state index in [0.29, 0.717) is 6.04 Å². The van der Waals surface area contributed by atoms with Crippen LogP contribution >= 0.6 is 11.3 Å². The molecular formula is C14H21N3S. The lowest BCUT2D eigenvalue weighted by molar-refractivity contribution is 0.273. The van der Waals surface area contributed by atoms with Crippen molar-refractivity contribution in [1.82, 2.24) is 15.2 Å². The number of hydrogen-bond donors (Lipinski definition) is 1. The Balaban J connectivity index is 1.80. The lowest BCUT2D eigenvalue weighted by atomic mass is 10.3. The molecule has 1 aromatic carbocycles. The summed E-state index contributed by atoms with van der Waals surface area (Å²) in [6, 6.07) is 8.91. The second-order valence-corrected chi connectivity index (χ2v) is 5.94. The van der Waals surface area contributed by atoms with Crippen LogP contribution in [-0.4, -0.2) is 36.1 Å². The van der Waals surface area contributed by atoms with Gasteiger partial charge in [0, 0.05) is 25.7 Å². The average Bonchev–Trinajstić information content (AvgIpc) is 2.76. The van der Waals surface area contributed by atoms with Gasteiger partial charge in [0.25, 0.3) is 0 Å². The summed E-state index contributed by atoms with van der Waals surface area (Å²) in [4.78, 5) is 6.95. The molecule has 0 aliphatic rings. The van der Waals surface area contributed by atoms with Gasteiger partial charge in [0.05, 0.1) is 10.2 Å². The first-order valence-electron chi connectivity index (χ1n) is 6.42. The summed E-state index contributed by atoms with van der Waals surface area (Å²) in [5.74, 6) is 0. The Morgan fingerprint density at radius 2 is 2.11 bits per heavy atom. The number of thiazole rings is 1. The van der Waals surface area contributed by atoms with Gasteiger partial charge in [-0.3, -0.25) is 0 Å². The van der Waals surface area contributed by atoms with E-state index in [1.165, 1.54) is 9.71 Å². The van der Waals surface area contributed by atoms with Crippen LogP contribution in [0.4, 0.5) is 0 Å². The summed E-state index contributed by atoms with van der Waals surface area (Å²) < 4.78 is 1.27. The van der Waals surface area contributed by atoms with Crippen molar-refractivity contribution in [3.8, 4) is 0 Å². The van der Waals surface area contributed by atoms with Gasteiger partial charge in [0.2, 0.25) is 0 Å². The number of fused-ring (bicyclic) bond motifs is 1. The van der Waals surface area contributed by atoms with Crippen molar-refractivity contribution in [3.05, 3.63) is 29.3 Å². The third kappa shape index (κ3) is 3.51.